The number of para-hydroxylation sites is 1. The third-order valence-corrected chi connectivity index (χ3v) is 3.58. The second-order valence-corrected chi connectivity index (χ2v) is 4.78. The third-order valence-electron chi connectivity index (χ3n) is 3.58. The molecule has 0 aliphatic carbocycles. The van der Waals surface area contributed by atoms with E-state index >= 15 is 0 Å². The summed E-state index contributed by atoms with van der Waals surface area (Å²) in [6.07, 6.45) is -0.177. The third kappa shape index (κ3) is 1.69. The highest BCUT2D eigenvalue weighted by Crippen LogP contribution is 2.39. The highest BCUT2D eigenvalue weighted by Gasteiger charge is 2.49. The van der Waals surface area contributed by atoms with Crippen molar-refractivity contribution in [3.8, 4) is 5.75 Å². The molecule has 0 radical (unpaired) electrons. The smallest absolute Gasteiger partial charge is 0.228 e. The first-order chi connectivity index (χ1) is 9.64. The van der Waals surface area contributed by atoms with Crippen LogP contribution in [0.4, 0.5) is 0 Å². The predicted molar refractivity (Wildman–Crippen MR) is 73.1 cm³/mol. The lowest BCUT2D eigenvalue weighted by molar-refractivity contribution is -0.122. The average molecular weight is 267 g/mol. The van der Waals surface area contributed by atoms with Crippen molar-refractivity contribution in [1.82, 2.24) is 5.32 Å². The van der Waals surface area contributed by atoms with E-state index in [4.69, 9.17) is 0 Å². The summed E-state index contributed by atoms with van der Waals surface area (Å²) in [5.74, 6) is -0.593. The van der Waals surface area contributed by atoms with Crippen molar-refractivity contribution in [2.45, 2.75) is 12.0 Å². The van der Waals surface area contributed by atoms with Crippen molar-refractivity contribution >= 4 is 11.7 Å². The van der Waals surface area contributed by atoms with Crippen molar-refractivity contribution in [2.75, 3.05) is 0 Å². The zero-order valence-electron chi connectivity index (χ0n) is 10.7. The summed E-state index contributed by atoms with van der Waals surface area (Å²) in [6.45, 7) is 0. The van der Waals surface area contributed by atoms with Crippen molar-refractivity contribution in [3.05, 3.63) is 65.7 Å². The molecular weight excluding hydrogens is 254 g/mol. The Bertz CT molecular complexity index is 681. The minimum absolute atomic E-state index is 0.00750. The first-order valence-corrected chi connectivity index (χ1v) is 6.33. The van der Waals surface area contributed by atoms with Gasteiger partial charge in [0, 0.05) is 5.56 Å². The lowest BCUT2D eigenvalue weighted by atomic mass is 9.80. The highest BCUT2D eigenvalue weighted by molar-refractivity contribution is 6.12. The number of rotatable bonds is 2. The summed E-state index contributed by atoms with van der Waals surface area (Å²) in [4.78, 5) is 24.2. The molecule has 2 N–H and O–H groups in total. The number of phenols is 1. The van der Waals surface area contributed by atoms with Gasteiger partial charge in [-0.05, 0) is 11.6 Å². The molecule has 1 saturated heterocycles. The Balaban J connectivity index is 2.28. The van der Waals surface area contributed by atoms with Crippen molar-refractivity contribution in [2.24, 2.45) is 0 Å². The van der Waals surface area contributed by atoms with Crippen LogP contribution in [0.5, 0.6) is 5.75 Å². The van der Waals surface area contributed by atoms with Crippen molar-refractivity contribution in [1.29, 1.82) is 0 Å². The molecule has 100 valence electrons. The summed E-state index contributed by atoms with van der Waals surface area (Å²) in [7, 11) is 0. The van der Waals surface area contributed by atoms with Gasteiger partial charge in [0.2, 0.25) is 5.91 Å². The number of phenolic OH excluding ortho intramolecular Hbond substituents is 1. The summed E-state index contributed by atoms with van der Waals surface area (Å²) < 4.78 is 0. The van der Waals surface area contributed by atoms with Gasteiger partial charge < -0.3 is 10.4 Å². The molecule has 20 heavy (non-hydrogen) atoms. The second-order valence-electron chi connectivity index (χ2n) is 4.78. The van der Waals surface area contributed by atoms with Crippen LogP contribution in [0.2, 0.25) is 0 Å². The molecular formula is C16H13NO3. The molecule has 1 amide bonds. The number of carbonyl (C=O) groups excluding carboxylic acids is 2. The molecule has 1 fully saturated rings. The molecule has 1 unspecified atom stereocenters. The Hall–Kier alpha value is -2.62. The maximum Gasteiger partial charge on any atom is 0.228 e. The van der Waals surface area contributed by atoms with E-state index in [-0.39, 0.29) is 23.9 Å². The van der Waals surface area contributed by atoms with Crippen LogP contribution in [0.3, 0.4) is 0 Å². The first-order valence-electron chi connectivity index (χ1n) is 6.33. The quantitative estimate of drug-likeness (QED) is 0.814. The van der Waals surface area contributed by atoms with E-state index in [1.54, 1.807) is 42.5 Å². The molecule has 1 atom stereocenters. The van der Waals surface area contributed by atoms with Gasteiger partial charge in [-0.1, -0.05) is 48.5 Å². The Morgan fingerprint density at radius 1 is 0.950 bits per heavy atom. The molecule has 0 saturated carbocycles. The molecule has 3 rings (SSSR count). The van der Waals surface area contributed by atoms with Gasteiger partial charge in [0.1, 0.15) is 5.75 Å². The van der Waals surface area contributed by atoms with Crippen LogP contribution >= 0.6 is 0 Å². The lowest BCUT2D eigenvalue weighted by Gasteiger charge is -2.29. The zero-order valence-corrected chi connectivity index (χ0v) is 10.7. The van der Waals surface area contributed by atoms with Crippen LogP contribution in [0.1, 0.15) is 17.5 Å². The Labute approximate surface area is 116 Å². The number of benzene rings is 2. The maximum absolute atomic E-state index is 12.5. The van der Waals surface area contributed by atoms with Crippen LogP contribution < -0.4 is 5.32 Å². The summed E-state index contributed by atoms with van der Waals surface area (Å²) in [5, 5.41) is 12.8. The minimum Gasteiger partial charge on any atom is -0.508 e. The highest BCUT2D eigenvalue weighted by atomic mass is 16.3. The van der Waals surface area contributed by atoms with E-state index in [1.807, 2.05) is 6.07 Å². The number of ketones is 1. The SMILES string of the molecule is O=C1CC(=O)C(c2ccccc2)(c2ccccc2O)N1. The monoisotopic (exact) mass is 267 g/mol. The number of Topliss-reactive ketones (excluding diaryl/α,β-unsaturated/α-hetero) is 1. The lowest BCUT2D eigenvalue weighted by Crippen LogP contribution is -2.44. The zero-order chi connectivity index (χ0) is 14.2. The molecule has 1 aliphatic rings. The normalized spacial score (nSPS) is 21.8. The van der Waals surface area contributed by atoms with E-state index in [0.29, 0.717) is 11.1 Å². The van der Waals surface area contributed by atoms with Gasteiger partial charge in [-0.25, -0.2) is 0 Å². The van der Waals surface area contributed by atoms with Crippen LogP contribution in [0, 0.1) is 0 Å². The number of hydrogen-bond acceptors (Lipinski definition) is 3. The molecule has 0 bridgehead atoms. The van der Waals surface area contributed by atoms with Gasteiger partial charge in [-0.2, -0.15) is 0 Å². The van der Waals surface area contributed by atoms with Gasteiger partial charge in [-0.3, -0.25) is 9.59 Å². The Morgan fingerprint density at radius 3 is 2.20 bits per heavy atom. The van der Waals surface area contributed by atoms with Crippen molar-refractivity contribution in [3.63, 3.8) is 0 Å². The Kier molecular flexibility index (Phi) is 2.79. The predicted octanol–water partition coefficient (Wildman–Crippen LogP) is 1.72. The summed E-state index contributed by atoms with van der Waals surface area (Å²) >= 11 is 0. The van der Waals surface area contributed by atoms with Crippen LogP contribution in [-0.4, -0.2) is 16.8 Å². The molecule has 0 aromatic heterocycles. The maximum atomic E-state index is 12.5. The summed E-state index contributed by atoms with van der Waals surface area (Å²) in [6, 6.07) is 15.6. The van der Waals surface area contributed by atoms with Crippen molar-refractivity contribution < 1.29 is 14.7 Å². The van der Waals surface area contributed by atoms with E-state index in [9.17, 15) is 14.7 Å². The fourth-order valence-corrected chi connectivity index (χ4v) is 2.69. The number of carbonyl (C=O) groups is 2. The van der Waals surface area contributed by atoms with E-state index in [1.165, 1.54) is 6.07 Å². The average Bonchev–Trinajstić information content (AvgIpc) is 2.76. The van der Waals surface area contributed by atoms with E-state index < -0.39 is 5.54 Å². The molecule has 4 nitrogen and oxygen atoms in total. The molecule has 2 aromatic carbocycles. The molecule has 0 spiro atoms. The number of amides is 1. The van der Waals surface area contributed by atoms with E-state index in [2.05, 4.69) is 5.32 Å². The molecule has 1 heterocycles. The van der Waals surface area contributed by atoms with Gasteiger partial charge in [0.25, 0.3) is 0 Å². The van der Waals surface area contributed by atoms with Crippen LogP contribution in [0.25, 0.3) is 0 Å². The van der Waals surface area contributed by atoms with E-state index in [0.717, 1.165) is 0 Å². The van der Waals surface area contributed by atoms with Crippen LogP contribution in [-0.2, 0) is 15.1 Å². The van der Waals surface area contributed by atoms with Gasteiger partial charge in [0.05, 0.1) is 6.42 Å². The topological polar surface area (TPSA) is 66.4 Å². The minimum atomic E-state index is -1.29. The number of aromatic hydroxyl groups is 1. The largest absolute Gasteiger partial charge is 0.508 e. The standard InChI is InChI=1S/C16H13NO3/c18-13-9-5-4-8-12(13)16(11-6-2-1-3-7-11)14(19)10-15(20)17-16/h1-9,18H,10H2,(H,17,20). The second kappa shape index (κ2) is 4.49. The molecule has 4 heteroatoms. The fraction of sp³-hybridized carbons (Fsp3) is 0.125. The van der Waals surface area contributed by atoms with Crippen LogP contribution in [0.15, 0.2) is 54.6 Å². The van der Waals surface area contributed by atoms with Gasteiger partial charge in [0.15, 0.2) is 11.3 Å². The Morgan fingerprint density at radius 2 is 1.60 bits per heavy atom. The number of hydrogen-bond donors (Lipinski definition) is 2. The van der Waals surface area contributed by atoms with Gasteiger partial charge in [-0.15, -0.1) is 0 Å². The molecule has 1 aliphatic heterocycles. The first kappa shape index (κ1) is 12.4. The molecule has 2 aromatic rings. The fourth-order valence-electron chi connectivity index (χ4n) is 2.69. The summed E-state index contributed by atoms with van der Waals surface area (Å²) in [5.41, 5.74) is -0.233. The number of nitrogens with one attached hydrogen (secondary N) is 1. The van der Waals surface area contributed by atoms with Gasteiger partial charge >= 0.3 is 0 Å².